The molecule has 17 heavy (non-hydrogen) atoms. The monoisotopic (exact) mass is 276 g/mol. The fourth-order valence-corrected chi connectivity index (χ4v) is 3.74. The van der Waals surface area contributed by atoms with E-state index in [2.05, 4.69) is 0 Å². The highest BCUT2D eigenvalue weighted by molar-refractivity contribution is 8.13. The molecule has 3 nitrogen and oxygen atoms in total. The van der Waals surface area contributed by atoms with Gasteiger partial charge in [0.15, 0.2) is 0 Å². The molecule has 0 heterocycles. The summed E-state index contributed by atoms with van der Waals surface area (Å²) in [4.78, 5) is 0. The van der Waals surface area contributed by atoms with Crippen LogP contribution in [0.3, 0.4) is 0 Å². The van der Waals surface area contributed by atoms with Crippen LogP contribution in [-0.2, 0) is 15.5 Å². The smallest absolute Gasteiger partial charge is 0.233 e. The molecule has 0 aliphatic carbocycles. The number of hydrogen-bond donors (Lipinski definition) is 0. The van der Waals surface area contributed by atoms with Crippen molar-refractivity contribution in [3.05, 3.63) is 29.8 Å². The van der Waals surface area contributed by atoms with Crippen LogP contribution in [0.5, 0.6) is 5.75 Å². The third kappa shape index (κ3) is 5.41. The van der Waals surface area contributed by atoms with E-state index in [1.54, 1.807) is 7.11 Å². The zero-order valence-electron chi connectivity index (χ0n) is 10.2. The minimum atomic E-state index is -3.47. The lowest BCUT2D eigenvalue weighted by Gasteiger charge is -2.22. The van der Waals surface area contributed by atoms with Crippen molar-refractivity contribution in [2.24, 2.45) is 5.41 Å². The molecular weight excluding hydrogens is 260 g/mol. The highest BCUT2D eigenvalue weighted by Gasteiger charge is 2.25. The van der Waals surface area contributed by atoms with Crippen LogP contribution in [0.2, 0.25) is 0 Å². The van der Waals surface area contributed by atoms with Crippen LogP contribution in [0.15, 0.2) is 24.3 Å². The first kappa shape index (κ1) is 14.3. The van der Waals surface area contributed by atoms with Crippen LogP contribution in [0.25, 0.3) is 0 Å². The Morgan fingerprint density at radius 2 is 1.76 bits per heavy atom. The summed E-state index contributed by atoms with van der Waals surface area (Å²) < 4.78 is 27.2. The molecule has 0 unspecified atom stereocenters. The summed E-state index contributed by atoms with van der Waals surface area (Å²) in [6.45, 7) is 3.77. The van der Waals surface area contributed by atoms with E-state index < -0.39 is 9.05 Å². The molecule has 1 aromatic carbocycles. The highest BCUT2D eigenvalue weighted by atomic mass is 35.7. The van der Waals surface area contributed by atoms with E-state index in [0.717, 1.165) is 11.3 Å². The first-order valence-electron chi connectivity index (χ1n) is 5.27. The van der Waals surface area contributed by atoms with Crippen LogP contribution in [-0.4, -0.2) is 21.3 Å². The van der Waals surface area contributed by atoms with Crippen LogP contribution < -0.4 is 4.74 Å². The first-order valence-corrected chi connectivity index (χ1v) is 7.75. The van der Waals surface area contributed by atoms with Crippen molar-refractivity contribution in [3.8, 4) is 5.75 Å². The van der Waals surface area contributed by atoms with Crippen LogP contribution in [0, 0.1) is 5.41 Å². The molecule has 96 valence electrons. The van der Waals surface area contributed by atoms with Gasteiger partial charge in [-0.05, 0) is 29.5 Å². The minimum absolute atomic E-state index is 0.0341. The fourth-order valence-electron chi connectivity index (χ4n) is 1.81. The quantitative estimate of drug-likeness (QED) is 0.777. The van der Waals surface area contributed by atoms with Crippen molar-refractivity contribution in [2.45, 2.75) is 20.3 Å². The van der Waals surface area contributed by atoms with Crippen LogP contribution >= 0.6 is 10.7 Å². The Bertz CT molecular complexity index is 463. The molecule has 1 rings (SSSR count). The summed E-state index contributed by atoms with van der Waals surface area (Å²) in [5.41, 5.74) is 0.686. The lowest BCUT2D eigenvalue weighted by atomic mass is 9.88. The molecule has 0 fully saturated rings. The summed E-state index contributed by atoms with van der Waals surface area (Å²) >= 11 is 0. The van der Waals surface area contributed by atoms with Gasteiger partial charge in [0.2, 0.25) is 9.05 Å². The second-order valence-corrected chi connectivity index (χ2v) is 7.65. The lowest BCUT2D eigenvalue weighted by molar-refractivity contribution is 0.407. The Labute approximate surface area is 107 Å². The summed E-state index contributed by atoms with van der Waals surface area (Å²) in [5, 5.41) is 0. The second kappa shape index (κ2) is 5.27. The Hall–Kier alpha value is -0.740. The van der Waals surface area contributed by atoms with Crippen LogP contribution in [0.4, 0.5) is 0 Å². The van der Waals surface area contributed by atoms with Gasteiger partial charge < -0.3 is 4.74 Å². The second-order valence-electron chi connectivity index (χ2n) is 4.87. The molecular formula is C12H17ClO3S. The van der Waals surface area contributed by atoms with Gasteiger partial charge in [-0.1, -0.05) is 26.0 Å². The maximum Gasteiger partial charge on any atom is 0.233 e. The van der Waals surface area contributed by atoms with Gasteiger partial charge in [0, 0.05) is 10.7 Å². The zero-order valence-corrected chi connectivity index (χ0v) is 11.8. The largest absolute Gasteiger partial charge is 0.497 e. The predicted octanol–water partition coefficient (Wildman–Crippen LogP) is 2.83. The van der Waals surface area contributed by atoms with Crippen molar-refractivity contribution in [3.63, 3.8) is 0 Å². The maximum atomic E-state index is 11.1. The Kier molecular flexibility index (Phi) is 4.44. The zero-order chi connectivity index (χ0) is 13.1. The van der Waals surface area contributed by atoms with Gasteiger partial charge in [-0.25, -0.2) is 8.42 Å². The van der Waals surface area contributed by atoms with E-state index >= 15 is 0 Å². The Morgan fingerprint density at radius 3 is 2.18 bits per heavy atom. The van der Waals surface area contributed by atoms with E-state index in [0.29, 0.717) is 6.42 Å². The molecule has 0 saturated heterocycles. The van der Waals surface area contributed by atoms with Gasteiger partial charge in [0.1, 0.15) is 5.75 Å². The molecule has 0 aromatic heterocycles. The lowest BCUT2D eigenvalue weighted by Crippen LogP contribution is -2.23. The van der Waals surface area contributed by atoms with E-state index in [1.165, 1.54) is 0 Å². The molecule has 0 spiro atoms. The predicted molar refractivity (Wildman–Crippen MR) is 70.1 cm³/mol. The van der Waals surface area contributed by atoms with Crippen LogP contribution in [0.1, 0.15) is 19.4 Å². The third-order valence-corrected chi connectivity index (χ3v) is 3.86. The molecule has 0 amide bonds. The van der Waals surface area contributed by atoms with Gasteiger partial charge in [-0.15, -0.1) is 0 Å². The van der Waals surface area contributed by atoms with Gasteiger partial charge in [0.05, 0.1) is 12.9 Å². The molecule has 0 N–H and O–H groups in total. The molecule has 0 bridgehead atoms. The number of halogens is 1. The molecule has 0 aliphatic rings. The molecule has 0 radical (unpaired) electrons. The molecule has 0 aliphatic heterocycles. The summed E-state index contributed by atoms with van der Waals surface area (Å²) in [7, 11) is 3.43. The number of ether oxygens (including phenoxy) is 1. The van der Waals surface area contributed by atoms with Crippen molar-refractivity contribution in [1.82, 2.24) is 0 Å². The number of hydrogen-bond acceptors (Lipinski definition) is 3. The van der Waals surface area contributed by atoms with Crippen molar-refractivity contribution < 1.29 is 13.2 Å². The van der Waals surface area contributed by atoms with Gasteiger partial charge in [-0.3, -0.25) is 0 Å². The third-order valence-electron chi connectivity index (χ3n) is 2.40. The van der Waals surface area contributed by atoms with Gasteiger partial charge in [-0.2, -0.15) is 0 Å². The van der Waals surface area contributed by atoms with Gasteiger partial charge in [0.25, 0.3) is 0 Å². The maximum absolute atomic E-state index is 11.1. The normalized spacial score (nSPS) is 12.5. The van der Waals surface area contributed by atoms with Crippen molar-refractivity contribution >= 4 is 19.7 Å². The first-order chi connectivity index (χ1) is 7.72. The number of rotatable bonds is 5. The van der Waals surface area contributed by atoms with E-state index in [-0.39, 0.29) is 11.2 Å². The minimum Gasteiger partial charge on any atom is -0.497 e. The standard InChI is InChI=1S/C12H17ClO3S/c1-12(2,9-17(13,14)15)8-10-4-6-11(16-3)7-5-10/h4-7H,8-9H2,1-3H3. The average molecular weight is 277 g/mol. The number of methoxy groups -OCH3 is 1. The van der Waals surface area contributed by atoms with Gasteiger partial charge >= 0.3 is 0 Å². The van der Waals surface area contributed by atoms with E-state index in [1.807, 2.05) is 38.1 Å². The molecule has 1 aromatic rings. The summed E-state index contributed by atoms with van der Waals surface area (Å²) in [6, 6.07) is 7.59. The fraction of sp³-hybridized carbons (Fsp3) is 0.500. The summed E-state index contributed by atoms with van der Waals surface area (Å²) in [5.74, 6) is 0.754. The molecule has 5 heteroatoms. The Balaban J connectivity index is 2.75. The SMILES string of the molecule is COc1ccc(CC(C)(C)CS(=O)(=O)Cl)cc1. The van der Waals surface area contributed by atoms with Crippen molar-refractivity contribution in [2.75, 3.05) is 12.9 Å². The number of benzene rings is 1. The average Bonchev–Trinajstić information content (AvgIpc) is 2.14. The highest BCUT2D eigenvalue weighted by Crippen LogP contribution is 2.26. The van der Waals surface area contributed by atoms with E-state index in [4.69, 9.17) is 15.4 Å². The molecule has 0 atom stereocenters. The summed E-state index contributed by atoms with van der Waals surface area (Å²) in [6.07, 6.45) is 0.656. The van der Waals surface area contributed by atoms with E-state index in [9.17, 15) is 8.42 Å². The topological polar surface area (TPSA) is 43.4 Å². The Morgan fingerprint density at radius 1 is 1.24 bits per heavy atom. The molecule has 0 saturated carbocycles. The van der Waals surface area contributed by atoms with Crippen molar-refractivity contribution in [1.29, 1.82) is 0 Å².